The third kappa shape index (κ3) is 4.28. The number of aliphatic hydroxyl groups is 4. The number of hydrogen-bond donors (Lipinski definition) is 4. The van der Waals surface area contributed by atoms with Crippen LogP contribution >= 0.6 is 0 Å². The van der Waals surface area contributed by atoms with Crippen molar-refractivity contribution >= 4 is 11.8 Å². The van der Waals surface area contributed by atoms with E-state index < -0.39 is 47.5 Å². The van der Waals surface area contributed by atoms with Crippen molar-refractivity contribution in [1.82, 2.24) is 0 Å². The smallest absolute Gasteiger partial charge is 0.341 e. The number of esters is 1. The molecular formula is C26H40O8. The molecule has 0 radical (unpaired) electrons. The average molecular weight is 481 g/mol. The molecule has 1 aliphatic heterocycles. The van der Waals surface area contributed by atoms with Crippen LogP contribution in [0.1, 0.15) is 60.3 Å². The second-order valence-electron chi connectivity index (χ2n) is 11.1. The summed E-state index contributed by atoms with van der Waals surface area (Å²) in [5.41, 5.74) is -2.95. The Morgan fingerprint density at radius 2 is 1.97 bits per heavy atom. The molecular weight excluding hydrogens is 440 g/mol. The molecule has 8 nitrogen and oxygen atoms in total. The van der Waals surface area contributed by atoms with Gasteiger partial charge < -0.3 is 29.9 Å². The van der Waals surface area contributed by atoms with Crippen LogP contribution in [0.25, 0.3) is 0 Å². The van der Waals surface area contributed by atoms with Crippen LogP contribution in [0.15, 0.2) is 23.8 Å². The third-order valence-electron chi connectivity index (χ3n) is 8.56. The Morgan fingerprint density at radius 1 is 1.32 bits per heavy atom. The molecule has 3 aliphatic rings. The van der Waals surface area contributed by atoms with Gasteiger partial charge in [0.25, 0.3) is 0 Å². The van der Waals surface area contributed by atoms with Gasteiger partial charge in [0.05, 0.1) is 19.3 Å². The maximum absolute atomic E-state index is 13.1. The summed E-state index contributed by atoms with van der Waals surface area (Å²) >= 11 is 0. The summed E-state index contributed by atoms with van der Waals surface area (Å²) in [6.45, 7) is 12.2. The van der Waals surface area contributed by atoms with Crippen molar-refractivity contribution in [2.75, 3.05) is 13.2 Å². The highest BCUT2D eigenvalue weighted by Crippen LogP contribution is 2.63. The first-order chi connectivity index (χ1) is 15.8. The van der Waals surface area contributed by atoms with E-state index in [9.17, 15) is 30.0 Å². The van der Waals surface area contributed by atoms with Gasteiger partial charge in [0.1, 0.15) is 12.2 Å². The minimum atomic E-state index is -2.08. The zero-order valence-electron chi connectivity index (χ0n) is 20.9. The first-order valence-electron chi connectivity index (χ1n) is 12.2. The van der Waals surface area contributed by atoms with Crippen LogP contribution < -0.4 is 0 Å². The molecule has 0 bridgehead atoms. The first-order valence-corrected chi connectivity index (χ1v) is 12.2. The lowest BCUT2D eigenvalue weighted by Crippen LogP contribution is -2.53. The van der Waals surface area contributed by atoms with Crippen LogP contribution in [0.5, 0.6) is 0 Å². The fourth-order valence-electron chi connectivity index (χ4n) is 5.90. The highest BCUT2D eigenvalue weighted by molar-refractivity contribution is 6.05. The molecule has 0 unspecified atom stereocenters. The van der Waals surface area contributed by atoms with Gasteiger partial charge in [0.15, 0.2) is 17.0 Å². The number of hydrogen-bond acceptors (Lipinski definition) is 8. The Kier molecular flexibility index (Phi) is 7.52. The summed E-state index contributed by atoms with van der Waals surface area (Å²) in [6, 6.07) is 0. The predicted octanol–water partition coefficient (Wildman–Crippen LogP) is 1.69. The minimum Gasteiger partial charge on any atom is -0.456 e. The second-order valence-corrected chi connectivity index (χ2v) is 11.1. The number of fused-ring (bicyclic) bond motifs is 3. The maximum atomic E-state index is 13.1. The molecule has 0 aromatic carbocycles. The van der Waals surface area contributed by atoms with Gasteiger partial charge in [0, 0.05) is 5.41 Å². The number of ketones is 1. The molecule has 1 heterocycles. The lowest BCUT2D eigenvalue weighted by Gasteiger charge is -2.47. The molecule has 2 fully saturated rings. The van der Waals surface area contributed by atoms with Crippen LogP contribution in [0.3, 0.4) is 0 Å². The topological polar surface area (TPSA) is 137 Å². The number of epoxide rings is 1. The van der Waals surface area contributed by atoms with Crippen molar-refractivity contribution in [3.8, 4) is 0 Å². The largest absolute Gasteiger partial charge is 0.456 e. The Hall–Kier alpha value is -1.58. The Labute approximate surface area is 201 Å². The van der Waals surface area contributed by atoms with Gasteiger partial charge in [-0.2, -0.15) is 0 Å². The summed E-state index contributed by atoms with van der Waals surface area (Å²) in [5.74, 6) is -1.29. The molecule has 1 saturated carbocycles. The van der Waals surface area contributed by atoms with Gasteiger partial charge >= 0.3 is 5.97 Å². The molecule has 3 rings (SSSR count). The van der Waals surface area contributed by atoms with Crippen molar-refractivity contribution in [2.24, 2.45) is 23.2 Å². The molecule has 4 N–H and O–H groups in total. The molecule has 0 amide bonds. The van der Waals surface area contributed by atoms with Crippen LogP contribution in [0, 0.1) is 23.2 Å². The van der Waals surface area contributed by atoms with Crippen LogP contribution in [-0.2, 0) is 19.1 Å². The number of rotatable bonds is 10. The maximum Gasteiger partial charge on any atom is 0.341 e. The van der Waals surface area contributed by atoms with Crippen molar-refractivity contribution in [2.45, 2.75) is 89.8 Å². The second kappa shape index (κ2) is 9.47. The SMILES string of the molecule is C=C(CO)[C@@]12O[C@@H]1[C@@]1(C)C(=CC2=O)[C@H](OC(=O)[C@](O)(CO)C[C@@H](C)C[C@H](C)[C@@H](C)O)CC[C@@H]1C. The van der Waals surface area contributed by atoms with Crippen molar-refractivity contribution in [3.05, 3.63) is 23.8 Å². The molecule has 192 valence electrons. The Morgan fingerprint density at radius 3 is 2.53 bits per heavy atom. The highest BCUT2D eigenvalue weighted by Gasteiger charge is 2.74. The zero-order chi connectivity index (χ0) is 25.6. The standard InChI is InChI=1S/C26H40O8/c1-14(9-15(2)18(5)29)11-25(32,13-28)23(31)33-20-8-7-16(3)24(6)19(20)10-21(30)26(17(4)12-27)22(24)34-26/h10,14-16,18,20,22,27-29,32H,4,7-9,11-13H2,1-3,5-6H3/t14-,15-,16-,18+,20+,22+,24+,25+,26-/m0/s1. The van der Waals surface area contributed by atoms with Gasteiger partial charge in [-0.3, -0.25) is 4.79 Å². The van der Waals surface area contributed by atoms with Crippen molar-refractivity contribution in [1.29, 1.82) is 0 Å². The number of carbonyl (C=O) groups is 2. The lowest BCUT2D eigenvalue weighted by atomic mass is 9.57. The fraction of sp³-hybridized carbons (Fsp3) is 0.769. The lowest BCUT2D eigenvalue weighted by molar-refractivity contribution is -0.178. The van der Waals surface area contributed by atoms with Crippen LogP contribution in [-0.4, -0.2) is 74.9 Å². The molecule has 1 saturated heterocycles. The highest BCUT2D eigenvalue weighted by atomic mass is 16.6. The summed E-state index contributed by atoms with van der Waals surface area (Å²) in [4.78, 5) is 26.1. The number of ether oxygens (including phenoxy) is 2. The van der Waals surface area contributed by atoms with E-state index in [2.05, 4.69) is 13.5 Å². The third-order valence-corrected chi connectivity index (χ3v) is 8.56. The molecule has 0 aromatic rings. The summed E-state index contributed by atoms with van der Waals surface area (Å²) in [7, 11) is 0. The molecule has 2 aliphatic carbocycles. The van der Waals surface area contributed by atoms with Gasteiger partial charge in [0.2, 0.25) is 0 Å². The summed E-state index contributed by atoms with van der Waals surface area (Å²) in [6.07, 6.45) is 1.47. The zero-order valence-corrected chi connectivity index (χ0v) is 20.9. The van der Waals surface area contributed by atoms with Gasteiger partial charge in [-0.15, -0.1) is 0 Å². The number of aliphatic hydroxyl groups excluding tert-OH is 3. The predicted molar refractivity (Wildman–Crippen MR) is 125 cm³/mol. The van der Waals surface area contributed by atoms with Gasteiger partial charge in [-0.1, -0.05) is 34.3 Å². The molecule has 8 heteroatoms. The monoisotopic (exact) mass is 480 g/mol. The van der Waals surface area contributed by atoms with Gasteiger partial charge in [-0.25, -0.2) is 4.79 Å². The van der Waals surface area contributed by atoms with Crippen molar-refractivity contribution < 1.29 is 39.5 Å². The minimum absolute atomic E-state index is 0.0110. The van der Waals surface area contributed by atoms with E-state index in [1.54, 1.807) is 6.92 Å². The summed E-state index contributed by atoms with van der Waals surface area (Å²) < 4.78 is 11.7. The molecule has 9 atom stereocenters. The average Bonchev–Trinajstić information content (AvgIpc) is 3.55. The van der Waals surface area contributed by atoms with E-state index in [4.69, 9.17) is 9.47 Å². The quantitative estimate of drug-likeness (QED) is 0.211. The van der Waals surface area contributed by atoms with E-state index in [1.165, 1.54) is 6.08 Å². The van der Waals surface area contributed by atoms with E-state index >= 15 is 0 Å². The van der Waals surface area contributed by atoms with E-state index in [0.717, 1.165) is 0 Å². The van der Waals surface area contributed by atoms with Crippen LogP contribution in [0.4, 0.5) is 0 Å². The van der Waals surface area contributed by atoms with Crippen molar-refractivity contribution in [3.63, 3.8) is 0 Å². The van der Waals surface area contributed by atoms with E-state index in [0.29, 0.717) is 30.4 Å². The van der Waals surface area contributed by atoms with E-state index in [-0.39, 0.29) is 36.6 Å². The summed E-state index contributed by atoms with van der Waals surface area (Å²) in [5, 5.41) is 40.2. The van der Waals surface area contributed by atoms with Gasteiger partial charge in [-0.05, 0) is 67.6 Å². The van der Waals surface area contributed by atoms with E-state index in [1.807, 2.05) is 20.8 Å². The first kappa shape index (κ1) is 27.0. The Bertz CT molecular complexity index is 865. The molecule has 34 heavy (non-hydrogen) atoms. The number of carbonyl (C=O) groups excluding carboxylic acids is 2. The molecule has 0 aromatic heterocycles. The fourth-order valence-corrected chi connectivity index (χ4v) is 5.90. The Balaban J connectivity index is 1.81. The van der Waals surface area contributed by atoms with Crippen LogP contribution in [0.2, 0.25) is 0 Å². The molecule has 0 spiro atoms. The normalized spacial score (nSPS) is 36.8.